The Morgan fingerprint density at radius 1 is 1.00 bits per heavy atom. The molecule has 182 valence electrons. The summed E-state index contributed by atoms with van der Waals surface area (Å²) in [5, 5.41) is 0. The molecule has 2 aliphatic rings. The van der Waals surface area contributed by atoms with Crippen molar-refractivity contribution in [1.29, 1.82) is 0 Å². The maximum atomic E-state index is 13.5. The Bertz CT molecular complexity index is 1150. The number of hydrogen-bond donors (Lipinski definition) is 0. The van der Waals surface area contributed by atoms with E-state index in [-0.39, 0.29) is 41.5 Å². The third kappa shape index (κ3) is 5.54. The number of rotatable bonds is 7. The van der Waals surface area contributed by atoms with E-state index in [0.29, 0.717) is 31.6 Å². The van der Waals surface area contributed by atoms with Crippen LogP contribution in [0.15, 0.2) is 53.4 Å². The zero-order valence-corrected chi connectivity index (χ0v) is 20.1. The van der Waals surface area contributed by atoms with Gasteiger partial charge in [0.2, 0.25) is 15.9 Å². The van der Waals surface area contributed by atoms with Crippen molar-refractivity contribution in [2.75, 3.05) is 39.3 Å². The van der Waals surface area contributed by atoms with E-state index < -0.39 is 10.0 Å². The Morgan fingerprint density at radius 2 is 1.71 bits per heavy atom. The highest BCUT2D eigenvalue weighted by Crippen LogP contribution is 2.23. The van der Waals surface area contributed by atoms with Crippen LogP contribution in [0.5, 0.6) is 0 Å². The van der Waals surface area contributed by atoms with Gasteiger partial charge in [0.25, 0.3) is 0 Å². The number of piperazine rings is 1. The molecule has 0 spiro atoms. The highest BCUT2D eigenvalue weighted by atomic mass is 32.2. The molecular formula is C25H30FN3O4S. The Balaban J connectivity index is 1.32. The van der Waals surface area contributed by atoms with Crippen molar-refractivity contribution in [3.05, 3.63) is 65.5 Å². The minimum absolute atomic E-state index is 0.00555. The lowest BCUT2D eigenvalue weighted by atomic mass is 10.0. The maximum absolute atomic E-state index is 13.5. The van der Waals surface area contributed by atoms with Gasteiger partial charge in [-0.25, -0.2) is 12.8 Å². The number of amides is 1. The van der Waals surface area contributed by atoms with Gasteiger partial charge in [0.1, 0.15) is 5.82 Å². The molecule has 2 fully saturated rings. The van der Waals surface area contributed by atoms with E-state index in [1.165, 1.54) is 41.6 Å². The molecule has 0 bridgehead atoms. The lowest BCUT2D eigenvalue weighted by Crippen LogP contribution is -2.53. The van der Waals surface area contributed by atoms with Crippen LogP contribution in [0.2, 0.25) is 0 Å². The summed E-state index contributed by atoms with van der Waals surface area (Å²) in [6, 6.07) is 12.7. The average molecular weight is 488 g/mol. The molecule has 2 aromatic rings. The Hall–Kier alpha value is -2.62. The van der Waals surface area contributed by atoms with Crippen LogP contribution in [0.3, 0.4) is 0 Å². The molecule has 34 heavy (non-hydrogen) atoms. The third-order valence-electron chi connectivity index (χ3n) is 6.69. The molecule has 2 saturated heterocycles. The SMILES string of the molecule is CC(=O)c1ccc(S(=O)(=O)N2CCN(C(=O)CN3CCCC3Cc3cccc(F)c3)CC2)cc1. The number of benzene rings is 2. The van der Waals surface area contributed by atoms with Gasteiger partial charge in [0.15, 0.2) is 5.78 Å². The maximum Gasteiger partial charge on any atom is 0.243 e. The van der Waals surface area contributed by atoms with Crippen molar-refractivity contribution in [1.82, 2.24) is 14.1 Å². The van der Waals surface area contributed by atoms with Crippen LogP contribution in [0.25, 0.3) is 0 Å². The number of sulfonamides is 1. The summed E-state index contributed by atoms with van der Waals surface area (Å²) in [6.07, 6.45) is 2.68. The van der Waals surface area contributed by atoms with Gasteiger partial charge in [-0.05, 0) is 62.6 Å². The predicted octanol–water partition coefficient (Wildman–Crippen LogP) is 2.57. The average Bonchev–Trinajstić information content (AvgIpc) is 3.25. The molecule has 0 saturated carbocycles. The summed E-state index contributed by atoms with van der Waals surface area (Å²) in [4.78, 5) is 28.4. The van der Waals surface area contributed by atoms with E-state index in [9.17, 15) is 22.4 Å². The van der Waals surface area contributed by atoms with Crippen molar-refractivity contribution in [2.45, 2.75) is 37.1 Å². The van der Waals surface area contributed by atoms with Crippen LogP contribution >= 0.6 is 0 Å². The fraction of sp³-hybridized carbons (Fsp3) is 0.440. The van der Waals surface area contributed by atoms with Gasteiger partial charge < -0.3 is 4.90 Å². The zero-order valence-electron chi connectivity index (χ0n) is 19.3. The molecule has 0 aromatic heterocycles. The van der Waals surface area contributed by atoms with Gasteiger partial charge in [-0.3, -0.25) is 14.5 Å². The number of carbonyl (C=O) groups excluding carboxylic acids is 2. The first-order valence-corrected chi connectivity index (χ1v) is 13.1. The number of halogens is 1. The van der Waals surface area contributed by atoms with Crippen LogP contribution in [0.1, 0.15) is 35.7 Å². The van der Waals surface area contributed by atoms with Gasteiger partial charge in [-0.2, -0.15) is 4.31 Å². The Morgan fingerprint density at radius 3 is 2.35 bits per heavy atom. The number of hydrogen-bond acceptors (Lipinski definition) is 5. The molecule has 7 nitrogen and oxygen atoms in total. The monoisotopic (exact) mass is 487 g/mol. The van der Waals surface area contributed by atoms with Crippen molar-refractivity contribution in [3.8, 4) is 0 Å². The standard InChI is InChI=1S/C25H30FN3O4S/c1-19(30)21-7-9-24(10-8-21)34(32,33)29-14-12-27(13-15-29)25(31)18-28-11-3-6-23(28)17-20-4-2-5-22(26)16-20/h2,4-5,7-10,16,23H,3,6,11-15,17-18H2,1H3. The Labute approximate surface area is 200 Å². The van der Waals surface area contributed by atoms with Gasteiger partial charge in [-0.15, -0.1) is 0 Å². The minimum atomic E-state index is -3.68. The second-order valence-electron chi connectivity index (χ2n) is 8.97. The molecule has 0 N–H and O–H groups in total. The lowest BCUT2D eigenvalue weighted by molar-refractivity contribution is -0.133. The summed E-state index contributed by atoms with van der Waals surface area (Å²) in [7, 11) is -3.68. The van der Waals surface area contributed by atoms with E-state index in [1.54, 1.807) is 17.0 Å². The van der Waals surface area contributed by atoms with Crippen LogP contribution in [-0.4, -0.2) is 79.5 Å². The van der Waals surface area contributed by atoms with Crippen LogP contribution in [0, 0.1) is 5.82 Å². The van der Waals surface area contributed by atoms with Crippen molar-refractivity contribution in [3.63, 3.8) is 0 Å². The van der Waals surface area contributed by atoms with E-state index in [0.717, 1.165) is 24.9 Å². The second kappa shape index (κ2) is 10.3. The number of nitrogens with zero attached hydrogens (tertiary/aromatic N) is 3. The van der Waals surface area contributed by atoms with Gasteiger partial charge in [0.05, 0.1) is 11.4 Å². The predicted molar refractivity (Wildman–Crippen MR) is 126 cm³/mol. The molecule has 1 unspecified atom stereocenters. The third-order valence-corrected chi connectivity index (χ3v) is 8.60. The summed E-state index contributed by atoms with van der Waals surface area (Å²) in [5.41, 5.74) is 1.39. The molecule has 1 atom stereocenters. The van der Waals surface area contributed by atoms with E-state index in [1.807, 2.05) is 6.07 Å². The van der Waals surface area contributed by atoms with Crippen molar-refractivity contribution < 1.29 is 22.4 Å². The molecule has 1 amide bonds. The van der Waals surface area contributed by atoms with Crippen LogP contribution in [-0.2, 0) is 21.2 Å². The summed E-state index contributed by atoms with van der Waals surface area (Å²) in [6.45, 7) is 3.70. The second-order valence-corrected chi connectivity index (χ2v) is 10.9. The van der Waals surface area contributed by atoms with Crippen molar-refractivity contribution >= 4 is 21.7 Å². The van der Waals surface area contributed by atoms with Gasteiger partial charge >= 0.3 is 0 Å². The largest absolute Gasteiger partial charge is 0.339 e. The molecular weight excluding hydrogens is 457 g/mol. The topological polar surface area (TPSA) is 78.0 Å². The summed E-state index contributed by atoms with van der Waals surface area (Å²) in [5.74, 6) is -0.373. The number of likely N-dealkylation sites (tertiary alicyclic amines) is 1. The highest BCUT2D eigenvalue weighted by Gasteiger charge is 2.32. The first kappa shape index (κ1) is 24.5. The molecule has 2 aliphatic heterocycles. The quantitative estimate of drug-likeness (QED) is 0.561. The molecule has 2 aromatic carbocycles. The molecule has 2 heterocycles. The first-order valence-electron chi connectivity index (χ1n) is 11.6. The van der Waals surface area contributed by atoms with E-state index >= 15 is 0 Å². The fourth-order valence-corrected chi connectivity index (χ4v) is 6.15. The zero-order chi connectivity index (χ0) is 24.3. The van der Waals surface area contributed by atoms with Gasteiger partial charge in [-0.1, -0.05) is 24.3 Å². The molecule has 9 heteroatoms. The smallest absolute Gasteiger partial charge is 0.243 e. The van der Waals surface area contributed by atoms with Crippen LogP contribution in [0.4, 0.5) is 4.39 Å². The number of ketones is 1. The molecule has 0 radical (unpaired) electrons. The summed E-state index contributed by atoms with van der Waals surface area (Å²) >= 11 is 0. The minimum Gasteiger partial charge on any atom is -0.339 e. The van der Waals surface area contributed by atoms with Crippen molar-refractivity contribution in [2.24, 2.45) is 0 Å². The normalized spacial score (nSPS) is 19.9. The number of carbonyl (C=O) groups is 2. The van der Waals surface area contributed by atoms with Gasteiger partial charge in [0, 0.05) is 37.8 Å². The van der Waals surface area contributed by atoms with E-state index in [2.05, 4.69) is 4.90 Å². The van der Waals surface area contributed by atoms with Crippen LogP contribution < -0.4 is 0 Å². The molecule has 4 rings (SSSR count). The number of Topliss-reactive ketones (excluding diaryl/α,β-unsaturated/α-hetero) is 1. The lowest BCUT2D eigenvalue weighted by Gasteiger charge is -2.35. The summed E-state index contributed by atoms with van der Waals surface area (Å²) < 4.78 is 40.9. The first-order chi connectivity index (χ1) is 16.2. The fourth-order valence-electron chi connectivity index (χ4n) is 4.73. The highest BCUT2D eigenvalue weighted by molar-refractivity contribution is 7.89. The van der Waals surface area contributed by atoms with E-state index in [4.69, 9.17) is 0 Å². The molecule has 0 aliphatic carbocycles. The Kier molecular flexibility index (Phi) is 7.45.